The highest BCUT2D eigenvalue weighted by Crippen LogP contribution is 2.09. The Morgan fingerprint density at radius 3 is 1.65 bits per heavy atom. The second-order valence-corrected chi connectivity index (χ2v) is 12.4. The lowest BCUT2D eigenvalue weighted by molar-refractivity contribution is -0.144. The summed E-state index contributed by atoms with van der Waals surface area (Å²) in [5, 5.41) is 51.6. The van der Waals surface area contributed by atoms with Crippen molar-refractivity contribution in [3.8, 4) is 0 Å². The first-order chi connectivity index (χ1) is 25.0. The van der Waals surface area contributed by atoms with Crippen molar-refractivity contribution in [3.05, 3.63) is 0 Å². The van der Waals surface area contributed by atoms with Crippen LogP contribution in [0.15, 0.2) is 4.99 Å². The summed E-state index contributed by atoms with van der Waals surface area (Å²) in [6.07, 6.45) is -4.42. The lowest BCUT2D eigenvalue weighted by Crippen LogP contribution is -2.61. The number of nitrogens with zero attached hydrogens (tertiary/aromatic N) is 1. The van der Waals surface area contributed by atoms with Gasteiger partial charge in [0.2, 0.25) is 41.4 Å². The summed E-state index contributed by atoms with van der Waals surface area (Å²) in [5.74, 6) is -11.4. The highest BCUT2D eigenvalue weighted by atomic mass is 16.4. The molecule has 0 aromatic rings. The van der Waals surface area contributed by atoms with E-state index in [0.29, 0.717) is 6.42 Å². The van der Waals surface area contributed by atoms with E-state index < -0.39 is 127 Å². The molecule has 0 heterocycles. The van der Waals surface area contributed by atoms with Gasteiger partial charge in [-0.25, -0.2) is 4.79 Å². The number of nitrogens with two attached hydrogens (primary N) is 4. The minimum atomic E-state index is -1.83. The largest absolute Gasteiger partial charge is 0.481 e. The maximum atomic E-state index is 13.3. The Morgan fingerprint density at radius 2 is 1.19 bits per heavy atom. The molecule has 0 aliphatic carbocycles. The first-order valence-electron chi connectivity index (χ1n) is 16.7. The smallest absolute Gasteiger partial charge is 0.326 e. The number of carboxylic acids is 2. The van der Waals surface area contributed by atoms with Crippen molar-refractivity contribution in [3.63, 3.8) is 0 Å². The number of carbonyl (C=O) groups excluding carboxylic acids is 7. The molecule has 0 fully saturated rings. The van der Waals surface area contributed by atoms with Crippen LogP contribution in [0.25, 0.3) is 0 Å². The molecule has 0 radical (unpaired) electrons. The fourth-order valence-electron chi connectivity index (χ4n) is 4.44. The average molecular weight is 776 g/mol. The van der Waals surface area contributed by atoms with Gasteiger partial charge in [-0.05, 0) is 32.6 Å². The fraction of sp³-hybridized carbons (Fsp3) is 0.667. The number of nitrogens with one attached hydrogen (secondary N) is 6. The third kappa shape index (κ3) is 18.2. The Balaban J connectivity index is 5.89. The number of guanidine groups is 1. The number of rotatable bonds is 25. The number of aliphatic carboxylic acids is 2. The van der Waals surface area contributed by atoms with Gasteiger partial charge >= 0.3 is 11.9 Å². The van der Waals surface area contributed by atoms with Crippen LogP contribution in [0.1, 0.15) is 59.8 Å². The Labute approximate surface area is 310 Å². The number of primary amides is 1. The summed E-state index contributed by atoms with van der Waals surface area (Å²) in [4.78, 5) is 116. The number of aliphatic imine (C=N–C) groups is 1. The van der Waals surface area contributed by atoms with Gasteiger partial charge in [0.15, 0.2) is 5.96 Å². The molecule has 0 aromatic heterocycles. The van der Waals surface area contributed by atoms with Crippen molar-refractivity contribution in [1.29, 1.82) is 0 Å². The Bertz CT molecular complexity index is 1390. The zero-order chi connectivity index (χ0) is 41.9. The molecule has 0 spiro atoms. The Kier molecular flexibility index (Phi) is 21.4. The van der Waals surface area contributed by atoms with E-state index >= 15 is 0 Å². The molecule has 0 saturated carbocycles. The van der Waals surface area contributed by atoms with Crippen LogP contribution >= 0.6 is 0 Å². The minimum absolute atomic E-state index is 0.0235. The predicted molar refractivity (Wildman–Crippen MR) is 187 cm³/mol. The summed E-state index contributed by atoms with van der Waals surface area (Å²) in [5.41, 5.74) is 21.5. The summed E-state index contributed by atoms with van der Waals surface area (Å²) >= 11 is 0. The highest BCUT2D eigenvalue weighted by Gasteiger charge is 2.34. The summed E-state index contributed by atoms with van der Waals surface area (Å²) < 4.78 is 0. The zero-order valence-electron chi connectivity index (χ0n) is 30.4. The van der Waals surface area contributed by atoms with E-state index in [1.54, 1.807) is 6.92 Å². The van der Waals surface area contributed by atoms with Crippen LogP contribution in [0.4, 0.5) is 0 Å². The van der Waals surface area contributed by atoms with Crippen LogP contribution in [0.3, 0.4) is 0 Å². The number of aliphatic hydroxyl groups is 2. The van der Waals surface area contributed by atoms with Crippen molar-refractivity contribution < 1.29 is 63.6 Å². The quantitative estimate of drug-likeness (QED) is 0.0233. The molecule has 0 saturated heterocycles. The van der Waals surface area contributed by atoms with Crippen LogP contribution in [0.5, 0.6) is 0 Å². The van der Waals surface area contributed by atoms with E-state index in [2.05, 4.69) is 36.9 Å². The topological polar surface area (TPSA) is 423 Å². The van der Waals surface area contributed by atoms with Crippen LogP contribution in [0, 0.1) is 5.92 Å². The van der Waals surface area contributed by atoms with Crippen LogP contribution in [-0.2, 0) is 43.2 Å². The van der Waals surface area contributed by atoms with Gasteiger partial charge in [-0.1, -0.05) is 20.3 Å². The lowest BCUT2D eigenvalue weighted by Gasteiger charge is -2.26. The molecule has 54 heavy (non-hydrogen) atoms. The molecule has 0 rings (SSSR count). The molecule has 24 heteroatoms. The molecule has 24 nitrogen and oxygen atoms in total. The van der Waals surface area contributed by atoms with Gasteiger partial charge in [0, 0.05) is 6.54 Å². The number of hydrogen-bond donors (Lipinski definition) is 14. The highest BCUT2D eigenvalue weighted by molar-refractivity contribution is 5.98. The van der Waals surface area contributed by atoms with Crippen LogP contribution < -0.4 is 54.8 Å². The molecule has 306 valence electrons. The van der Waals surface area contributed by atoms with E-state index in [1.165, 1.54) is 13.8 Å². The maximum absolute atomic E-state index is 13.3. The molecule has 0 aliphatic heterocycles. The average Bonchev–Trinajstić information content (AvgIpc) is 3.07. The summed E-state index contributed by atoms with van der Waals surface area (Å²) in [7, 11) is 0. The van der Waals surface area contributed by atoms with Gasteiger partial charge in [-0.15, -0.1) is 0 Å². The number of amides is 7. The van der Waals surface area contributed by atoms with Gasteiger partial charge in [0.25, 0.3) is 0 Å². The van der Waals surface area contributed by atoms with E-state index in [9.17, 15) is 63.6 Å². The zero-order valence-corrected chi connectivity index (χ0v) is 30.4. The predicted octanol–water partition coefficient (Wildman–Crippen LogP) is -6.85. The molecule has 0 bridgehead atoms. The Hall–Kier alpha value is -5.62. The first kappa shape index (κ1) is 48.4. The SMILES string of the molecule is CC[C@H](C)[C@H](NC(=O)[C@H](CC(=O)O)NC(=O)CNC(=O)[C@@H](NC(=O)[C@H](CC(N)=O)NC(=O)[C@H](CCCN=C(N)N)NC(=O)[C@@H](N)[C@@H](C)O)[C@@H](C)O)C(=O)O. The summed E-state index contributed by atoms with van der Waals surface area (Å²) in [6.45, 7) is 4.60. The number of aliphatic hydroxyl groups excluding tert-OH is 2. The molecule has 0 aromatic carbocycles. The van der Waals surface area contributed by atoms with Crippen molar-refractivity contribution in [2.45, 2.75) is 108 Å². The first-order valence-corrected chi connectivity index (χ1v) is 16.7. The van der Waals surface area contributed by atoms with Gasteiger partial charge in [-0.2, -0.15) is 0 Å². The van der Waals surface area contributed by atoms with Gasteiger partial charge < -0.3 is 75.3 Å². The van der Waals surface area contributed by atoms with E-state index in [4.69, 9.17) is 22.9 Å². The van der Waals surface area contributed by atoms with Crippen molar-refractivity contribution in [1.82, 2.24) is 31.9 Å². The number of hydrogen-bond acceptors (Lipinski definition) is 13. The number of carboxylic acid groups (broad SMARTS) is 2. The fourth-order valence-corrected chi connectivity index (χ4v) is 4.44. The molecule has 9 atom stereocenters. The van der Waals surface area contributed by atoms with Crippen molar-refractivity contribution >= 4 is 59.2 Å². The third-order valence-electron chi connectivity index (χ3n) is 7.73. The molecule has 0 unspecified atom stereocenters. The van der Waals surface area contributed by atoms with Gasteiger partial charge in [-0.3, -0.25) is 43.3 Å². The van der Waals surface area contributed by atoms with Crippen LogP contribution in [-0.4, -0.2) is 141 Å². The lowest BCUT2D eigenvalue weighted by atomic mass is 9.98. The van der Waals surface area contributed by atoms with Gasteiger partial charge in [0.05, 0.1) is 31.6 Å². The van der Waals surface area contributed by atoms with E-state index in [1.807, 2.05) is 0 Å². The number of carbonyl (C=O) groups is 9. The molecule has 18 N–H and O–H groups in total. The van der Waals surface area contributed by atoms with Crippen molar-refractivity contribution in [2.24, 2.45) is 33.8 Å². The summed E-state index contributed by atoms with van der Waals surface area (Å²) in [6, 6.07) is -9.63. The monoisotopic (exact) mass is 775 g/mol. The Morgan fingerprint density at radius 1 is 0.667 bits per heavy atom. The van der Waals surface area contributed by atoms with Crippen molar-refractivity contribution in [2.75, 3.05) is 13.1 Å². The van der Waals surface area contributed by atoms with E-state index in [-0.39, 0.29) is 25.3 Å². The maximum Gasteiger partial charge on any atom is 0.326 e. The molecule has 7 amide bonds. The normalized spacial score (nSPS) is 15.8. The van der Waals surface area contributed by atoms with Gasteiger partial charge in [0.1, 0.15) is 36.3 Å². The standard InChI is InChI=1S/C30H53N11O13/c1-5-12(2)22(29(53)54)40-26(50)17(10-20(46)47)37-19(45)11-36-28(52)23(14(4)43)41-25(49)16(9-18(31)44)39-24(48)15(7-6-8-35-30(33)34)38-27(51)21(32)13(3)42/h12-17,21-23,42-43H,5-11,32H2,1-4H3,(H2,31,44)(H,36,52)(H,37,45)(H,38,51)(H,39,48)(H,40,50)(H,41,49)(H,46,47)(H,53,54)(H4,33,34,35)/t12-,13+,14+,15-,16-,17-,21-,22-,23-/m0/s1. The minimum Gasteiger partial charge on any atom is -0.481 e. The van der Waals surface area contributed by atoms with Crippen LogP contribution in [0.2, 0.25) is 0 Å². The third-order valence-corrected chi connectivity index (χ3v) is 7.73. The van der Waals surface area contributed by atoms with E-state index in [0.717, 1.165) is 6.92 Å². The molecule has 0 aliphatic rings. The molecular formula is C30H53N11O13. The second kappa shape index (κ2) is 23.8. The second-order valence-electron chi connectivity index (χ2n) is 12.4. The molecular weight excluding hydrogens is 722 g/mol.